The molecule has 5 heteroatoms. The lowest BCUT2D eigenvalue weighted by Crippen LogP contribution is -1.94. The number of aromatic nitrogens is 1. The number of hydrogen-bond donors (Lipinski definition) is 1. The van der Waals surface area contributed by atoms with Crippen LogP contribution in [0, 0.1) is 6.92 Å². The van der Waals surface area contributed by atoms with Gasteiger partial charge >= 0.3 is 5.97 Å². The van der Waals surface area contributed by atoms with Crippen LogP contribution < -0.4 is 0 Å². The molecule has 3 rings (SSSR count). The Kier molecular flexibility index (Phi) is 3.38. The molecule has 0 atom stereocenters. The molecule has 0 radical (unpaired) electrons. The van der Waals surface area contributed by atoms with Gasteiger partial charge in [-0.2, -0.15) is 11.3 Å². The number of carboxylic acid groups (broad SMARTS) is 1. The van der Waals surface area contributed by atoms with E-state index < -0.39 is 5.97 Å². The second-order valence-corrected chi connectivity index (χ2v) is 6.08. The van der Waals surface area contributed by atoms with E-state index in [1.54, 1.807) is 18.3 Å². The van der Waals surface area contributed by atoms with E-state index in [0.29, 0.717) is 10.6 Å². The van der Waals surface area contributed by atoms with E-state index in [2.05, 4.69) is 16.4 Å². The minimum atomic E-state index is -0.917. The summed E-state index contributed by atoms with van der Waals surface area (Å²) < 4.78 is 0. The Morgan fingerprint density at radius 1 is 1.20 bits per heavy atom. The molecule has 0 aliphatic heterocycles. The van der Waals surface area contributed by atoms with Gasteiger partial charge in [0.05, 0.1) is 5.69 Å². The largest absolute Gasteiger partial charge is 0.477 e. The topological polar surface area (TPSA) is 50.2 Å². The fourth-order valence-electron chi connectivity index (χ4n) is 2.05. The zero-order valence-corrected chi connectivity index (χ0v) is 12.3. The molecule has 0 amide bonds. The number of thiazole rings is 1. The van der Waals surface area contributed by atoms with Gasteiger partial charge in [0.1, 0.15) is 9.88 Å². The van der Waals surface area contributed by atoms with Crippen molar-refractivity contribution in [1.29, 1.82) is 0 Å². The fraction of sp³-hybridized carbons (Fsp3) is 0.0667. The van der Waals surface area contributed by atoms with Crippen molar-refractivity contribution in [3.05, 3.63) is 51.7 Å². The van der Waals surface area contributed by atoms with Gasteiger partial charge in [0.2, 0.25) is 0 Å². The van der Waals surface area contributed by atoms with Crippen molar-refractivity contribution in [1.82, 2.24) is 4.98 Å². The number of nitrogens with zero attached hydrogens (tertiary/aromatic N) is 1. The summed E-state index contributed by atoms with van der Waals surface area (Å²) in [5, 5.41) is 14.0. The first-order chi connectivity index (χ1) is 9.66. The predicted molar refractivity (Wildman–Crippen MR) is 82.6 cm³/mol. The minimum absolute atomic E-state index is 0.306. The van der Waals surface area contributed by atoms with Crippen LogP contribution in [-0.4, -0.2) is 16.1 Å². The van der Waals surface area contributed by atoms with Crippen molar-refractivity contribution in [2.75, 3.05) is 0 Å². The summed E-state index contributed by atoms with van der Waals surface area (Å²) in [6.45, 7) is 1.73. The van der Waals surface area contributed by atoms with Crippen LogP contribution in [0.1, 0.15) is 15.4 Å². The van der Waals surface area contributed by atoms with Gasteiger partial charge in [-0.1, -0.05) is 24.3 Å². The van der Waals surface area contributed by atoms with Crippen molar-refractivity contribution in [3.8, 4) is 21.7 Å². The molecule has 0 fully saturated rings. The molecule has 0 spiro atoms. The second kappa shape index (κ2) is 5.19. The van der Waals surface area contributed by atoms with E-state index in [1.807, 2.05) is 29.6 Å². The third-order valence-electron chi connectivity index (χ3n) is 2.98. The monoisotopic (exact) mass is 301 g/mol. The summed E-state index contributed by atoms with van der Waals surface area (Å²) in [7, 11) is 0. The molecular formula is C15H11NO2S2. The summed E-state index contributed by atoms with van der Waals surface area (Å²) in [6.07, 6.45) is 0. The third kappa shape index (κ3) is 2.26. The molecule has 20 heavy (non-hydrogen) atoms. The molecule has 0 saturated heterocycles. The van der Waals surface area contributed by atoms with Crippen molar-refractivity contribution >= 4 is 28.6 Å². The molecule has 100 valence electrons. The Morgan fingerprint density at radius 2 is 1.95 bits per heavy atom. The summed E-state index contributed by atoms with van der Waals surface area (Å²) in [4.78, 5) is 15.9. The van der Waals surface area contributed by atoms with Crippen LogP contribution in [0.3, 0.4) is 0 Å². The standard InChI is InChI=1S/C15H11NO2S2/c1-9-13(15(17)18)20-14(16-9)12-5-3-2-4-11(12)10-6-7-19-8-10/h2-8H,1H3,(H,17,18). The van der Waals surface area contributed by atoms with Gasteiger partial charge in [0.15, 0.2) is 0 Å². The molecule has 0 unspecified atom stereocenters. The third-order valence-corrected chi connectivity index (χ3v) is 4.84. The van der Waals surface area contributed by atoms with Gasteiger partial charge in [-0.15, -0.1) is 11.3 Å². The van der Waals surface area contributed by atoms with Gasteiger partial charge < -0.3 is 5.11 Å². The summed E-state index contributed by atoms with van der Waals surface area (Å²) in [5.74, 6) is -0.917. The number of aromatic carboxylic acids is 1. The zero-order valence-electron chi connectivity index (χ0n) is 10.7. The Balaban J connectivity index is 2.16. The highest BCUT2D eigenvalue weighted by Gasteiger charge is 2.17. The average molecular weight is 301 g/mol. The summed E-state index contributed by atoms with van der Waals surface area (Å²) >= 11 is 2.87. The van der Waals surface area contributed by atoms with Crippen molar-refractivity contribution in [3.63, 3.8) is 0 Å². The number of carbonyl (C=O) groups is 1. The SMILES string of the molecule is Cc1nc(-c2ccccc2-c2ccsc2)sc1C(=O)O. The average Bonchev–Trinajstić information content (AvgIpc) is 3.07. The quantitative estimate of drug-likeness (QED) is 0.772. The van der Waals surface area contributed by atoms with Gasteiger partial charge in [-0.25, -0.2) is 9.78 Å². The first-order valence-corrected chi connectivity index (χ1v) is 7.75. The van der Waals surface area contributed by atoms with Gasteiger partial charge in [0, 0.05) is 5.56 Å². The van der Waals surface area contributed by atoms with E-state index >= 15 is 0 Å². The normalized spacial score (nSPS) is 10.7. The van der Waals surface area contributed by atoms with Crippen LogP contribution in [0.2, 0.25) is 0 Å². The second-order valence-electron chi connectivity index (χ2n) is 4.30. The van der Waals surface area contributed by atoms with Crippen LogP contribution in [0.4, 0.5) is 0 Å². The maximum atomic E-state index is 11.2. The molecule has 0 saturated carbocycles. The highest BCUT2D eigenvalue weighted by atomic mass is 32.1. The Morgan fingerprint density at radius 3 is 2.55 bits per heavy atom. The number of benzene rings is 1. The maximum Gasteiger partial charge on any atom is 0.347 e. The van der Waals surface area contributed by atoms with Crippen LogP contribution in [0.15, 0.2) is 41.1 Å². The number of hydrogen-bond acceptors (Lipinski definition) is 4. The summed E-state index contributed by atoms with van der Waals surface area (Å²) in [6, 6.07) is 10.0. The minimum Gasteiger partial charge on any atom is -0.477 e. The van der Waals surface area contributed by atoms with E-state index in [-0.39, 0.29) is 0 Å². The molecule has 1 N–H and O–H groups in total. The molecule has 0 aliphatic carbocycles. The van der Waals surface area contributed by atoms with Crippen LogP contribution in [-0.2, 0) is 0 Å². The molecule has 0 aliphatic rings. The Hall–Kier alpha value is -1.98. The van der Waals surface area contributed by atoms with Gasteiger partial charge in [0.25, 0.3) is 0 Å². The van der Waals surface area contributed by atoms with Crippen LogP contribution in [0.5, 0.6) is 0 Å². The summed E-state index contributed by atoms with van der Waals surface area (Å²) in [5.41, 5.74) is 3.76. The molecule has 2 aromatic heterocycles. The first kappa shape index (κ1) is 13.0. The smallest absolute Gasteiger partial charge is 0.347 e. The molecule has 0 bridgehead atoms. The van der Waals surface area contributed by atoms with E-state index in [1.165, 1.54) is 11.3 Å². The van der Waals surface area contributed by atoms with Crippen LogP contribution in [0.25, 0.3) is 21.7 Å². The van der Waals surface area contributed by atoms with E-state index in [4.69, 9.17) is 5.11 Å². The lowest BCUT2D eigenvalue weighted by molar-refractivity contribution is 0.0701. The number of carboxylic acids is 1. The Bertz CT molecular complexity index is 760. The molecule has 3 nitrogen and oxygen atoms in total. The maximum absolute atomic E-state index is 11.2. The first-order valence-electron chi connectivity index (χ1n) is 5.99. The molecule has 2 heterocycles. The highest BCUT2D eigenvalue weighted by molar-refractivity contribution is 7.17. The molecule has 3 aromatic rings. The number of thiophene rings is 1. The zero-order chi connectivity index (χ0) is 14.1. The van der Waals surface area contributed by atoms with E-state index in [0.717, 1.165) is 21.7 Å². The van der Waals surface area contributed by atoms with E-state index in [9.17, 15) is 4.79 Å². The lowest BCUT2D eigenvalue weighted by Gasteiger charge is -2.04. The van der Waals surface area contributed by atoms with Crippen molar-refractivity contribution in [2.24, 2.45) is 0 Å². The predicted octanol–water partition coefficient (Wildman–Crippen LogP) is 4.55. The van der Waals surface area contributed by atoms with Crippen LogP contribution >= 0.6 is 22.7 Å². The molecular weight excluding hydrogens is 290 g/mol. The van der Waals surface area contributed by atoms with Gasteiger partial charge in [-0.3, -0.25) is 0 Å². The van der Waals surface area contributed by atoms with Crippen molar-refractivity contribution < 1.29 is 9.90 Å². The van der Waals surface area contributed by atoms with Crippen molar-refractivity contribution in [2.45, 2.75) is 6.92 Å². The molecule has 1 aromatic carbocycles. The lowest BCUT2D eigenvalue weighted by atomic mass is 10.0. The number of rotatable bonds is 3. The fourth-order valence-corrected chi connectivity index (χ4v) is 3.65. The van der Waals surface area contributed by atoms with Gasteiger partial charge in [-0.05, 0) is 34.9 Å². The Labute approximate surface area is 124 Å². The number of aryl methyl sites for hydroxylation is 1. The highest BCUT2D eigenvalue weighted by Crippen LogP contribution is 2.36.